The van der Waals surface area contributed by atoms with Gasteiger partial charge in [-0.25, -0.2) is 9.59 Å². The van der Waals surface area contributed by atoms with E-state index in [1.54, 1.807) is 24.3 Å². The van der Waals surface area contributed by atoms with E-state index in [1.165, 1.54) is 7.11 Å². The van der Waals surface area contributed by atoms with Gasteiger partial charge in [-0.05, 0) is 16.7 Å². The maximum Gasteiger partial charge on any atom is 0.408 e. The molecule has 2 aromatic rings. The molecule has 132 valence electrons. The van der Waals surface area contributed by atoms with E-state index in [2.05, 4.69) is 5.32 Å². The fourth-order valence-electron chi connectivity index (χ4n) is 2.26. The number of benzene rings is 2. The number of alkyl carbamates (subject to hydrolysis) is 1. The number of carbonyl (C=O) groups excluding carboxylic acids is 2. The van der Waals surface area contributed by atoms with E-state index in [-0.39, 0.29) is 19.6 Å². The number of aliphatic hydroxyl groups excluding tert-OH is 1. The Kier molecular flexibility index (Phi) is 6.98. The molecule has 0 heterocycles. The highest BCUT2D eigenvalue weighted by atomic mass is 16.6. The third-order valence-corrected chi connectivity index (χ3v) is 3.64. The molecule has 0 aliphatic heterocycles. The van der Waals surface area contributed by atoms with E-state index >= 15 is 0 Å². The lowest BCUT2D eigenvalue weighted by atomic mass is 10.0. The van der Waals surface area contributed by atoms with Crippen molar-refractivity contribution in [2.75, 3.05) is 7.11 Å². The normalized spacial score (nSPS) is 11.4. The van der Waals surface area contributed by atoms with Crippen LogP contribution in [0.3, 0.4) is 0 Å². The largest absolute Gasteiger partial charge is 0.467 e. The Hall–Kier alpha value is -2.86. The van der Waals surface area contributed by atoms with E-state index in [0.29, 0.717) is 0 Å². The molecule has 6 heteroatoms. The van der Waals surface area contributed by atoms with Crippen LogP contribution in [0.25, 0.3) is 0 Å². The number of amides is 1. The summed E-state index contributed by atoms with van der Waals surface area (Å²) in [6, 6.07) is 15.5. The van der Waals surface area contributed by atoms with Gasteiger partial charge in [0.15, 0.2) is 0 Å². The van der Waals surface area contributed by atoms with Gasteiger partial charge in [0, 0.05) is 6.42 Å². The van der Waals surface area contributed by atoms with Gasteiger partial charge in [0.25, 0.3) is 0 Å². The molecule has 0 bridgehead atoms. The maximum absolute atomic E-state index is 12.0. The number of esters is 1. The highest BCUT2D eigenvalue weighted by Crippen LogP contribution is 2.09. The molecule has 0 aromatic heterocycles. The van der Waals surface area contributed by atoms with Gasteiger partial charge in [-0.1, -0.05) is 54.6 Å². The molecule has 0 radical (unpaired) electrons. The molecule has 2 aromatic carbocycles. The topological polar surface area (TPSA) is 84.9 Å². The van der Waals surface area contributed by atoms with Crippen LogP contribution in [0.1, 0.15) is 16.7 Å². The molecule has 0 spiro atoms. The monoisotopic (exact) mass is 343 g/mol. The molecule has 6 nitrogen and oxygen atoms in total. The predicted octanol–water partition coefficient (Wildman–Crippen LogP) is 2.19. The molecule has 1 atom stereocenters. The minimum Gasteiger partial charge on any atom is -0.467 e. The lowest BCUT2D eigenvalue weighted by Gasteiger charge is -2.16. The zero-order chi connectivity index (χ0) is 18.1. The van der Waals surface area contributed by atoms with Crippen molar-refractivity contribution < 1.29 is 24.2 Å². The van der Waals surface area contributed by atoms with Crippen molar-refractivity contribution in [1.29, 1.82) is 0 Å². The second kappa shape index (κ2) is 9.44. The van der Waals surface area contributed by atoms with Crippen molar-refractivity contribution in [2.45, 2.75) is 25.7 Å². The van der Waals surface area contributed by atoms with Crippen LogP contribution in [0.5, 0.6) is 0 Å². The summed E-state index contributed by atoms with van der Waals surface area (Å²) in [6.45, 7) is 0.0660. The first-order valence-corrected chi connectivity index (χ1v) is 7.86. The lowest BCUT2D eigenvalue weighted by molar-refractivity contribution is -0.143. The summed E-state index contributed by atoms with van der Waals surface area (Å²) in [4.78, 5) is 23.9. The highest BCUT2D eigenvalue weighted by Gasteiger charge is 2.22. The molecular formula is C19H21NO5. The van der Waals surface area contributed by atoms with Crippen LogP contribution in [0.4, 0.5) is 4.79 Å². The maximum atomic E-state index is 12.0. The Bertz CT molecular complexity index is 685. The Morgan fingerprint density at radius 2 is 1.64 bits per heavy atom. The smallest absolute Gasteiger partial charge is 0.408 e. The van der Waals surface area contributed by atoms with Crippen LogP contribution in [0.2, 0.25) is 0 Å². The van der Waals surface area contributed by atoms with Gasteiger partial charge < -0.3 is 19.9 Å². The number of ether oxygens (including phenoxy) is 2. The number of rotatable bonds is 7. The zero-order valence-electron chi connectivity index (χ0n) is 14.0. The quantitative estimate of drug-likeness (QED) is 0.753. The molecule has 0 saturated heterocycles. The average molecular weight is 343 g/mol. The number of methoxy groups -OCH3 is 1. The number of nitrogens with one attached hydrogen (secondary N) is 1. The summed E-state index contributed by atoms with van der Waals surface area (Å²) in [5.41, 5.74) is 2.46. The van der Waals surface area contributed by atoms with Crippen molar-refractivity contribution in [3.8, 4) is 0 Å². The fraction of sp³-hybridized carbons (Fsp3) is 0.263. The SMILES string of the molecule is COC(=O)[C@H](Cc1ccc(CO)cc1)NC(=O)OCc1ccccc1. The summed E-state index contributed by atoms with van der Waals surface area (Å²) < 4.78 is 9.88. The van der Waals surface area contributed by atoms with Gasteiger partial charge in [-0.15, -0.1) is 0 Å². The molecule has 0 aliphatic carbocycles. The molecular weight excluding hydrogens is 322 g/mol. The summed E-state index contributed by atoms with van der Waals surface area (Å²) in [5, 5.41) is 11.6. The first kappa shape index (κ1) is 18.5. The number of hydrogen-bond acceptors (Lipinski definition) is 5. The van der Waals surface area contributed by atoms with Crippen molar-refractivity contribution in [1.82, 2.24) is 5.32 Å². The number of hydrogen-bond donors (Lipinski definition) is 2. The third-order valence-electron chi connectivity index (χ3n) is 3.64. The van der Waals surface area contributed by atoms with E-state index in [4.69, 9.17) is 14.6 Å². The summed E-state index contributed by atoms with van der Waals surface area (Å²) in [6.07, 6.45) is -0.426. The van der Waals surface area contributed by atoms with Gasteiger partial charge in [0.05, 0.1) is 13.7 Å². The number of carbonyl (C=O) groups is 2. The van der Waals surface area contributed by atoms with Crippen LogP contribution >= 0.6 is 0 Å². The first-order chi connectivity index (χ1) is 12.1. The van der Waals surface area contributed by atoms with Crippen LogP contribution in [0, 0.1) is 0 Å². The molecule has 0 fully saturated rings. The summed E-state index contributed by atoms with van der Waals surface area (Å²) in [5.74, 6) is -0.553. The Morgan fingerprint density at radius 1 is 1.00 bits per heavy atom. The van der Waals surface area contributed by atoms with Crippen LogP contribution in [0.15, 0.2) is 54.6 Å². The van der Waals surface area contributed by atoms with Gasteiger partial charge in [-0.2, -0.15) is 0 Å². The fourth-order valence-corrected chi connectivity index (χ4v) is 2.26. The molecule has 25 heavy (non-hydrogen) atoms. The van der Waals surface area contributed by atoms with Crippen LogP contribution in [-0.4, -0.2) is 30.3 Å². The van der Waals surface area contributed by atoms with Crippen molar-refractivity contribution in [2.24, 2.45) is 0 Å². The summed E-state index contributed by atoms with van der Waals surface area (Å²) >= 11 is 0. The average Bonchev–Trinajstić information content (AvgIpc) is 2.66. The first-order valence-electron chi connectivity index (χ1n) is 7.86. The molecule has 2 N–H and O–H groups in total. The van der Waals surface area contributed by atoms with E-state index in [9.17, 15) is 9.59 Å². The highest BCUT2D eigenvalue weighted by molar-refractivity contribution is 5.81. The summed E-state index contributed by atoms with van der Waals surface area (Å²) in [7, 11) is 1.27. The van der Waals surface area contributed by atoms with Crippen molar-refractivity contribution >= 4 is 12.1 Å². The van der Waals surface area contributed by atoms with Gasteiger partial charge in [0.1, 0.15) is 12.6 Å². The van der Waals surface area contributed by atoms with Crippen LogP contribution in [-0.2, 0) is 33.9 Å². The molecule has 0 aliphatic rings. The minimum absolute atomic E-state index is 0.0508. The lowest BCUT2D eigenvalue weighted by Crippen LogP contribution is -2.43. The van der Waals surface area contributed by atoms with E-state index in [0.717, 1.165) is 16.7 Å². The van der Waals surface area contributed by atoms with Gasteiger partial charge in [-0.3, -0.25) is 0 Å². The molecule has 1 amide bonds. The predicted molar refractivity (Wildman–Crippen MR) is 91.6 cm³/mol. The standard InChI is InChI=1S/C19H21NO5/c1-24-18(22)17(11-14-7-9-15(12-21)10-8-14)20-19(23)25-13-16-5-3-2-4-6-16/h2-10,17,21H,11-13H2,1H3,(H,20,23)/t17-/m0/s1. The zero-order valence-corrected chi connectivity index (χ0v) is 14.0. The second-order valence-electron chi connectivity index (χ2n) is 5.46. The van der Waals surface area contributed by atoms with Crippen molar-refractivity contribution in [3.63, 3.8) is 0 Å². The van der Waals surface area contributed by atoms with E-state index < -0.39 is 18.1 Å². The Morgan fingerprint density at radius 3 is 2.24 bits per heavy atom. The third kappa shape index (κ3) is 5.93. The minimum atomic E-state index is -0.853. The molecule has 0 unspecified atom stereocenters. The second-order valence-corrected chi connectivity index (χ2v) is 5.46. The van der Waals surface area contributed by atoms with Crippen molar-refractivity contribution in [3.05, 3.63) is 71.3 Å². The van der Waals surface area contributed by atoms with Crippen LogP contribution < -0.4 is 5.32 Å². The Balaban J connectivity index is 1.94. The van der Waals surface area contributed by atoms with Gasteiger partial charge in [0.2, 0.25) is 0 Å². The van der Waals surface area contributed by atoms with E-state index in [1.807, 2.05) is 30.3 Å². The van der Waals surface area contributed by atoms with Gasteiger partial charge >= 0.3 is 12.1 Å². The molecule has 2 rings (SSSR count). The Labute approximate surface area is 146 Å². The number of aliphatic hydroxyl groups is 1. The molecule has 0 saturated carbocycles.